The number of hydrogen-bond donors (Lipinski definition) is 3. The third-order valence-corrected chi connectivity index (χ3v) is 4.65. The fraction of sp³-hybridized carbons (Fsp3) is 0.263. The Hall–Kier alpha value is -2.47. The Balaban J connectivity index is 1.98. The number of anilines is 2. The standard InChI is InChI=1S/C19H23N3O2S/c1-13(2)14-7-3-4-8-15(14)22-19(24)11-21-16-9-5-6-10-17(16)25-12-18(20)23/h3-10,13,21H,11-12H2,1-2H3,(H2,20,23)(H,22,24). The van der Waals surface area contributed by atoms with Gasteiger partial charge in [0.05, 0.1) is 12.3 Å². The molecule has 0 bridgehead atoms. The van der Waals surface area contributed by atoms with Crippen LogP contribution < -0.4 is 16.4 Å². The average molecular weight is 357 g/mol. The Morgan fingerprint density at radius 3 is 2.36 bits per heavy atom. The van der Waals surface area contributed by atoms with E-state index in [1.165, 1.54) is 11.8 Å². The Bertz CT molecular complexity index is 747. The molecule has 0 spiro atoms. The van der Waals surface area contributed by atoms with E-state index in [0.717, 1.165) is 21.8 Å². The number of nitrogens with two attached hydrogens (primary N) is 1. The highest BCUT2D eigenvalue weighted by atomic mass is 32.2. The lowest BCUT2D eigenvalue weighted by atomic mass is 10.0. The van der Waals surface area contributed by atoms with Gasteiger partial charge < -0.3 is 16.4 Å². The van der Waals surface area contributed by atoms with Crippen LogP contribution in [0.5, 0.6) is 0 Å². The normalized spacial score (nSPS) is 10.5. The highest BCUT2D eigenvalue weighted by Gasteiger charge is 2.10. The minimum Gasteiger partial charge on any atom is -0.375 e. The maximum Gasteiger partial charge on any atom is 0.243 e. The molecule has 25 heavy (non-hydrogen) atoms. The van der Waals surface area contributed by atoms with Crippen molar-refractivity contribution in [3.8, 4) is 0 Å². The topological polar surface area (TPSA) is 84.2 Å². The second kappa shape index (κ2) is 9.13. The summed E-state index contributed by atoms with van der Waals surface area (Å²) in [5.41, 5.74) is 7.94. The van der Waals surface area contributed by atoms with Gasteiger partial charge in [0.1, 0.15) is 0 Å². The van der Waals surface area contributed by atoms with Gasteiger partial charge in [-0.1, -0.05) is 44.2 Å². The maximum atomic E-state index is 12.3. The number of thioether (sulfide) groups is 1. The number of nitrogens with one attached hydrogen (secondary N) is 2. The van der Waals surface area contributed by atoms with Gasteiger partial charge in [0.25, 0.3) is 0 Å². The van der Waals surface area contributed by atoms with Gasteiger partial charge >= 0.3 is 0 Å². The van der Waals surface area contributed by atoms with Crippen LogP contribution in [-0.2, 0) is 9.59 Å². The van der Waals surface area contributed by atoms with Crippen molar-refractivity contribution >= 4 is 35.0 Å². The van der Waals surface area contributed by atoms with Gasteiger partial charge in [-0.2, -0.15) is 0 Å². The third-order valence-electron chi connectivity index (χ3n) is 3.55. The van der Waals surface area contributed by atoms with E-state index in [1.807, 2.05) is 48.5 Å². The number of rotatable bonds is 8. The van der Waals surface area contributed by atoms with E-state index in [4.69, 9.17) is 5.73 Å². The van der Waals surface area contributed by atoms with Crippen LogP contribution in [0.25, 0.3) is 0 Å². The van der Waals surface area contributed by atoms with E-state index in [-0.39, 0.29) is 24.1 Å². The Kier molecular flexibility index (Phi) is 6.89. The number of hydrogen-bond acceptors (Lipinski definition) is 4. The molecule has 132 valence electrons. The molecule has 2 rings (SSSR count). The van der Waals surface area contributed by atoms with Gasteiger partial charge in [-0.25, -0.2) is 0 Å². The number of para-hydroxylation sites is 2. The van der Waals surface area contributed by atoms with Crippen LogP contribution in [-0.4, -0.2) is 24.1 Å². The van der Waals surface area contributed by atoms with E-state index < -0.39 is 0 Å². The van der Waals surface area contributed by atoms with Gasteiger partial charge in [-0.05, 0) is 29.7 Å². The van der Waals surface area contributed by atoms with Crippen LogP contribution in [0.15, 0.2) is 53.4 Å². The van der Waals surface area contributed by atoms with Crippen molar-refractivity contribution in [2.45, 2.75) is 24.7 Å². The molecule has 6 heteroatoms. The molecule has 0 atom stereocenters. The summed E-state index contributed by atoms with van der Waals surface area (Å²) >= 11 is 1.35. The van der Waals surface area contributed by atoms with Gasteiger partial charge in [0.2, 0.25) is 11.8 Å². The molecule has 0 aliphatic carbocycles. The summed E-state index contributed by atoms with van der Waals surface area (Å²) < 4.78 is 0. The fourth-order valence-electron chi connectivity index (χ4n) is 2.37. The summed E-state index contributed by atoms with van der Waals surface area (Å²) in [5.74, 6) is 0.0353. The number of carbonyl (C=O) groups excluding carboxylic acids is 2. The van der Waals surface area contributed by atoms with E-state index in [2.05, 4.69) is 24.5 Å². The SMILES string of the molecule is CC(C)c1ccccc1NC(=O)CNc1ccccc1SCC(N)=O. The highest BCUT2D eigenvalue weighted by molar-refractivity contribution is 8.00. The van der Waals surface area contributed by atoms with Crippen molar-refractivity contribution in [1.29, 1.82) is 0 Å². The van der Waals surface area contributed by atoms with Crippen molar-refractivity contribution in [1.82, 2.24) is 0 Å². The highest BCUT2D eigenvalue weighted by Crippen LogP contribution is 2.27. The Morgan fingerprint density at radius 2 is 1.68 bits per heavy atom. The lowest BCUT2D eigenvalue weighted by molar-refractivity contribution is -0.116. The predicted octanol–water partition coefficient (Wildman–Crippen LogP) is 3.44. The first-order valence-electron chi connectivity index (χ1n) is 8.10. The molecule has 4 N–H and O–H groups in total. The number of carbonyl (C=O) groups is 2. The zero-order valence-corrected chi connectivity index (χ0v) is 15.2. The first-order valence-corrected chi connectivity index (χ1v) is 9.08. The van der Waals surface area contributed by atoms with Crippen LogP contribution in [0, 0.1) is 0 Å². The fourth-order valence-corrected chi connectivity index (χ4v) is 3.14. The Labute approximate surface area is 152 Å². The first kappa shape index (κ1) is 18.9. The molecule has 0 aliphatic heterocycles. The number of amides is 2. The second-order valence-electron chi connectivity index (χ2n) is 5.89. The summed E-state index contributed by atoms with van der Waals surface area (Å²) in [5, 5.41) is 6.07. The lowest BCUT2D eigenvalue weighted by Gasteiger charge is -2.15. The van der Waals surface area contributed by atoms with Gasteiger partial charge in [-0.3, -0.25) is 9.59 Å². The van der Waals surface area contributed by atoms with Crippen LogP contribution >= 0.6 is 11.8 Å². The van der Waals surface area contributed by atoms with Crippen LogP contribution in [0.4, 0.5) is 11.4 Å². The monoisotopic (exact) mass is 357 g/mol. The molecule has 2 aromatic rings. The van der Waals surface area contributed by atoms with E-state index >= 15 is 0 Å². The van der Waals surface area contributed by atoms with Crippen LogP contribution in [0.1, 0.15) is 25.3 Å². The maximum absolute atomic E-state index is 12.3. The summed E-state index contributed by atoms with van der Waals surface area (Å²) in [7, 11) is 0. The second-order valence-corrected chi connectivity index (χ2v) is 6.91. The van der Waals surface area contributed by atoms with Crippen molar-refractivity contribution in [2.75, 3.05) is 22.9 Å². The van der Waals surface area contributed by atoms with Crippen molar-refractivity contribution < 1.29 is 9.59 Å². The van der Waals surface area contributed by atoms with E-state index in [1.54, 1.807) is 0 Å². The zero-order chi connectivity index (χ0) is 18.2. The summed E-state index contributed by atoms with van der Waals surface area (Å²) in [4.78, 5) is 24.1. The van der Waals surface area contributed by atoms with Crippen LogP contribution in [0.2, 0.25) is 0 Å². The lowest BCUT2D eigenvalue weighted by Crippen LogP contribution is -2.22. The number of benzene rings is 2. The minimum absolute atomic E-state index is 0.122. The summed E-state index contributed by atoms with van der Waals surface area (Å²) in [6.07, 6.45) is 0. The van der Waals surface area contributed by atoms with E-state index in [0.29, 0.717) is 5.92 Å². The van der Waals surface area contributed by atoms with Crippen molar-refractivity contribution in [3.63, 3.8) is 0 Å². The van der Waals surface area contributed by atoms with Gasteiger partial charge in [0, 0.05) is 16.3 Å². The quantitative estimate of drug-likeness (QED) is 0.632. The molecule has 0 aromatic heterocycles. The molecule has 0 aliphatic rings. The van der Waals surface area contributed by atoms with E-state index in [9.17, 15) is 9.59 Å². The zero-order valence-electron chi connectivity index (χ0n) is 14.4. The minimum atomic E-state index is -0.372. The smallest absolute Gasteiger partial charge is 0.243 e. The summed E-state index contributed by atoms with van der Waals surface area (Å²) in [6.45, 7) is 4.32. The molecule has 2 aromatic carbocycles. The molecule has 0 saturated heterocycles. The predicted molar refractivity (Wildman–Crippen MR) is 104 cm³/mol. The van der Waals surface area contributed by atoms with Crippen molar-refractivity contribution in [3.05, 3.63) is 54.1 Å². The molecule has 0 heterocycles. The first-order chi connectivity index (χ1) is 12.0. The molecular formula is C19H23N3O2S. The molecule has 2 amide bonds. The Morgan fingerprint density at radius 1 is 1.04 bits per heavy atom. The molecule has 0 radical (unpaired) electrons. The third kappa shape index (κ3) is 5.83. The molecular weight excluding hydrogens is 334 g/mol. The molecule has 5 nitrogen and oxygen atoms in total. The molecule has 0 unspecified atom stereocenters. The van der Waals surface area contributed by atoms with Gasteiger partial charge in [-0.15, -0.1) is 11.8 Å². The van der Waals surface area contributed by atoms with Crippen molar-refractivity contribution in [2.24, 2.45) is 5.73 Å². The summed E-state index contributed by atoms with van der Waals surface area (Å²) in [6, 6.07) is 15.3. The molecule has 0 saturated carbocycles. The average Bonchev–Trinajstić information content (AvgIpc) is 2.59. The molecule has 0 fully saturated rings. The van der Waals surface area contributed by atoms with Crippen LogP contribution in [0.3, 0.4) is 0 Å². The number of primary amides is 1. The largest absolute Gasteiger partial charge is 0.375 e. The van der Waals surface area contributed by atoms with Gasteiger partial charge in [0.15, 0.2) is 0 Å².